The summed E-state index contributed by atoms with van der Waals surface area (Å²) in [7, 11) is 1.59. The molecule has 0 unspecified atom stereocenters. The van der Waals surface area contributed by atoms with Gasteiger partial charge in [-0.05, 0) is 51.0 Å². The van der Waals surface area contributed by atoms with Gasteiger partial charge in [0.05, 0.1) is 12.8 Å². The third kappa shape index (κ3) is 12.1. The van der Waals surface area contributed by atoms with Gasteiger partial charge in [-0.3, -0.25) is 19.3 Å². The lowest BCUT2D eigenvalue weighted by atomic mass is 10.2. The summed E-state index contributed by atoms with van der Waals surface area (Å²) in [6.07, 6.45) is -16.1. The molecule has 2 fully saturated rings. The van der Waals surface area contributed by atoms with Crippen LogP contribution in [0.3, 0.4) is 0 Å². The minimum Gasteiger partial charge on any atom is -0.495 e. The molecule has 0 aromatic heterocycles. The van der Waals surface area contributed by atoms with E-state index in [0.29, 0.717) is 55.5 Å². The number of piperazine rings is 1. The van der Waals surface area contributed by atoms with Gasteiger partial charge in [0.1, 0.15) is 5.75 Å². The van der Waals surface area contributed by atoms with Crippen LogP contribution in [-0.2, 0) is 14.4 Å². The molecule has 0 radical (unpaired) electrons. The summed E-state index contributed by atoms with van der Waals surface area (Å²) >= 11 is 0. The average Bonchev–Trinajstić information content (AvgIpc) is 3.04. The van der Waals surface area contributed by atoms with E-state index >= 15 is 0 Å². The highest BCUT2D eigenvalue weighted by molar-refractivity contribution is 5.83. The molecule has 3 rings (SSSR count). The monoisotopic (exact) mass is 720 g/mol. The van der Waals surface area contributed by atoms with Crippen molar-refractivity contribution in [2.24, 2.45) is 0 Å². The molecule has 2 aliphatic rings. The van der Waals surface area contributed by atoms with E-state index in [1.165, 1.54) is 0 Å². The minimum atomic E-state index is -5.42. The van der Waals surface area contributed by atoms with Gasteiger partial charge in [0, 0.05) is 72.0 Å². The maximum Gasteiger partial charge on any atom is 0.471 e. The topological polar surface area (TPSA) is 79.9 Å². The number of carbonyl (C=O) groups is 3. The first kappa shape index (κ1) is 40.0. The number of amides is 3. The molecule has 2 aliphatic heterocycles. The lowest BCUT2D eigenvalue weighted by Gasteiger charge is -2.37. The highest BCUT2D eigenvalue weighted by atomic mass is 19.4. The fourth-order valence-electron chi connectivity index (χ4n) is 5.88. The van der Waals surface area contributed by atoms with Crippen LogP contribution in [0.5, 0.6) is 5.75 Å². The van der Waals surface area contributed by atoms with E-state index in [0.717, 1.165) is 11.4 Å². The number of anilines is 1. The quantitative estimate of drug-likeness (QED) is 0.417. The van der Waals surface area contributed by atoms with Crippen LogP contribution in [0.2, 0.25) is 0 Å². The standard InChI is InChI=1S/C30H41F9N6O4/c1-49-24-8-3-2-7-23(24)42-18-15-41(16-19-42)10-4-9-40-11-5-12-44(26(47)29(34,35)36)21-22-45(27(48)30(37,38)39)14-6-13-43(20-17-40)25(46)28(31,32)33/h2-3,7-8H,4-6,9-22H2,1H3. The van der Waals surface area contributed by atoms with E-state index in [2.05, 4.69) is 9.80 Å². The van der Waals surface area contributed by atoms with Gasteiger partial charge in [-0.2, -0.15) is 39.5 Å². The fourth-order valence-corrected chi connectivity index (χ4v) is 5.88. The summed E-state index contributed by atoms with van der Waals surface area (Å²) < 4.78 is 125. The molecule has 0 aliphatic carbocycles. The Morgan fingerprint density at radius 1 is 0.571 bits per heavy atom. The summed E-state index contributed by atoms with van der Waals surface area (Å²) in [6, 6.07) is 7.62. The van der Waals surface area contributed by atoms with Crippen LogP contribution in [0.4, 0.5) is 45.2 Å². The lowest BCUT2D eigenvalue weighted by molar-refractivity contribution is -0.189. The Hall–Kier alpha value is -3.48. The number of halogens is 9. The number of para-hydroxylation sites is 2. The smallest absolute Gasteiger partial charge is 0.471 e. The van der Waals surface area contributed by atoms with Crippen molar-refractivity contribution in [3.63, 3.8) is 0 Å². The van der Waals surface area contributed by atoms with Crippen molar-refractivity contribution in [1.29, 1.82) is 0 Å². The second kappa shape index (κ2) is 17.4. The van der Waals surface area contributed by atoms with Gasteiger partial charge in [0.15, 0.2) is 0 Å². The first-order valence-corrected chi connectivity index (χ1v) is 15.8. The Bertz CT molecular complexity index is 1240. The third-order valence-electron chi connectivity index (χ3n) is 8.42. The SMILES string of the molecule is COc1ccccc1N1CCN(CCCN2CCCN(C(=O)C(F)(F)F)CCN(C(=O)C(F)(F)F)CCCN(C(=O)C(F)(F)F)CC2)CC1. The molecule has 2 heterocycles. The minimum absolute atomic E-state index is 0.0302. The van der Waals surface area contributed by atoms with Gasteiger partial charge >= 0.3 is 36.3 Å². The van der Waals surface area contributed by atoms with Gasteiger partial charge in [-0.1, -0.05) is 12.1 Å². The largest absolute Gasteiger partial charge is 0.495 e. The van der Waals surface area contributed by atoms with Crippen molar-refractivity contribution >= 4 is 23.4 Å². The molecule has 0 atom stereocenters. The van der Waals surface area contributed by atoms with Gasteiger partial charge in [-0.15, -0.1) is 0 Å². The molecule has 0 N–H and O–H groups in total. The molecule has 2 saturated heterocycles. The zero-order chi connectivity index (χ0) is 36.4. The molecule has 3 amide bonds. The second-order valence-corrected chi connectivity index (χ2v) is 11.8. The van der Waals surface area contributed by atoms with Crippen LogP contribution in [0, 0.1) is 0 Å². The highest BCUT2D eigenvalue weighted by Gasteiger charge is 2.45. The van der Waals surface area contributed by atoms with E-state index < -0.39 is 81.9 Å². The number of carbonyl (C=O) groups excluding carboxylic acids is 3. The zero-order valence-electron chi connectivity index (χ0n) is 27.0. The van der Waals surface area contributed by atoms with Crippen molar-refractivity contribution in [3.05, 3.63) is 24.3 Å². The van der Waals surface area contributed by atoms with E-state index in [9.17, 15) is 53.9 Å². The van der Waals surface area contributed by atoms with Gasteiger partial charge in [-0.25, -0.2) is 0 Å². The summed E-state index contributed by atoms with van der Waals surface area (Å²) in [5.41, 5.74) is 0.964. The van der Waals surface area contributed by atoms with Crippen LogP contribution in [0.15, 0.2) is 24.3 Å². The maximum absolute atomic E-state index is 13.4. The van der Waals surface area contributed by atoms with E-state index in [-0.39, 0.29) is 24.4 Å². The van der Waals surface area contributed by atoms with Crippen LogP contribution in [0.1, 0.15) is 19.3 Å². The number of nitrogens with zero attached hydrogens (tertiary/aromatic N) is 6. The number of ether oxygens (including phenoxy) is 1. The molecule has 1 aromatic carbocycles. The number of alkyl halides is 9. The van der Waals surface area contributed by atoms with Gasteiger partial charge in [0.25, 0.3) is 0 Å². The summed E-state index contributed by atoms with van der Waals surface area (Å²) in [6.45, 7) is -0.558. The normalized spacial score (nSPS) is 19.1. The Balaban J connectivity index is 1.69. The Labute approximate surface area is 278 Å². The van der Waals surface area contributed by atoms with Crippen molar-refractivity contribution in [1.82, 2.24) is 24.5 Å². The average molecular weight is 721 g/mol. The lowest BCUT2D eigenvalue weighted by Crippen LogP contribution is -2.51. The van der Waals surface area contributed by atoms with Crippen molar-refractivity contribution < 1.29 is 58.6 Å². The molecular weight excluding hydrogens is 679 g/mol. The van der Waals surface area contributed by atoms with Crippen LogP contribution < -0.4 is 9.64 Å². The highest BCUT2D eigenvalue weighted by Crippen LogP contribution is 2.28. The van der Waals surface area contributed by atoms with Crippen molar-refractivity contribution in [2.45, 2.75) is 37.8 Å². The molecule has 0 saturated carbocycles. The molecule has 1 aromatic rings. The summed E-state index contributed by atoms with van der Waals surface area (Å²) in [5.74, 6) is -6.14. The first-order valence-electron chi connectivity index (χ1n) is 15.8. The second-order valence-electron chi connectivity index (χ2n) is 11.8. The predicted molar refractivity (Wildman–Crippen MR) is 160 cm³/mol. The van der Waals surface area contributed by atoms with Crippen LogP contribution in [-0.4, -0.2) is 159 Å². The van der Waals surface area contributed by atoms with Gasteiger partial charge in [0.2, 0.25) is 0 Å². The summed E-state index contributed by atoms with van der Waals surface area (Å²) in [4.78, 5) is 43.3. The fraction of sp³-hybridized carbons (Fsp3) is 0.700. The molecule has 0 spiro atoms. The number of hydrogen-bond acceptors (Lipinski definition) is 7. The van der Waals surface area contributed by atoms with Crippen molar-refractivity contribution in [3.8, 4) is 5.75 Å². The number of hydrogen-bond donors (Lipinski definition) is 0. The third-order valence-corrected chi connectivity index (χ3v) is 8.42. The first-order chi connectivity index (χ1) is 22.9. The van der Waals surface area contributed by atoms with Crippen LogP contribution >= 0.6 is 0 Å². The predicted octanol–water partition coefficient (Wildman–Crippen LogP) is 3.48. The molecule has 10 nitrogen and oxygen atoms in total. The van der Waals surface area contributed by atoms with E-state index in [4.69, 9.17) is 4.74 Å². The Morgan fingerprint density at radius 2 is 0.959 bits per heavy atom. The van der Waals surface area contributed by atoms with Gasteiger partial charge < -0.3 is 29.2 Å². The maximum atomic E-state index is 13.4. The van der Waals surface area contributed by atoms with Crippen LogP contribution in [0.25, 0.3) is 0 Å². The molecule has 49 heavy (non-hydrogen) atoms. The number of methoxy groups -OCH3 is 1. The number of rotatable bonds is 6. The van der Waals surface area contributed by atoms with E-state index in [1.54, 1.807) is 12.0 Å². The Kier molecular flexibility index (Phi) is 14.2. The zero-order valence-corrected chi connectivity index (χ0v) is 27.0. The van der Waals surface area contributed by atoms with Crippen molar-refractivity contribution in [2.75, 3.05) is 104 Å². The molecular formula is C30H41F9N6O4. The Morgan fingerprint density at radius 3 is 1.41 bits per heavy atom. The summed E-state index contributed by atoms with van der Waals surface area (Å²) in [5, 5.41) is 0. The number of benzene rings is 1. The molecule has 0 bridgehead atoms. The molecule has 278 valence electrons. The van der Waals surface area contributed by atoms with E-state index in [1.807, 2.05) is 24.3 Å². The molecule has 19 heteroatoms.